The van der Waals surface area contributed by atoms with Gasteiger partial charge in [0.15, 0.2) is 0 Å². The number of nitrogens with zero attached hydrogens (tertiary/aromatic N) is 1. The number of benzene rings is 1. The monoisotopic (exact) mass is 313 g/mol. The van der Waals surface area contributed by atoms with Gasteiger partial charge in [0.2, 0.25) is 5.91 Å². The second-order valence-corrected chi connectivity index (χ2v) is 4.88. The molecular weight excluding hydrogens is 302 g/mol. The number of anilines is 1. The van der Waals surface area contributed by atoms with Crippen molar-refractivity contribution in [3.8, 4) is 5.75 Å². The highest BCUT2D eigenvalue weighted by atomic mass is 79.9. The number of carboxylic acids is 1. The topological polar surface area (TPSA) is 77.8 Å². The van der Waals surface area contributed by atoms with Crippen molar-refractivity contribution in [1.29, 1.82) is 0 Å². The molecule has 2 N–H and O–H groups in total. The first-order valence-corrected chi connectivity index (χ1v) is 6.57. The van der Waals surface area contributed by atoms with Crippen LogP contribution in [0, 0.1) is 5.92 Å². The number of halogens is 1. The number of carbonyl (C=O) groups excluding carboxylic acids is 1. The van der Waals surface area contributed by atoms with E-state index in [-0.39, 0.29) is 23.1 Å². The third-order valence-electron chi connectivity index (χ3n) is 2.95. The van der Waals surface area contributed by atoms with Crippen molar-refractivity contribution in [2.24, 2.45) is 5.92 Å². The summed E-state index contributed by atoms with van der Waals surface area (Å²) in [6.07, 6.45) is 0.453. The van der Waals surface area contributed by atoms with Gasteiger partial charge in [-0.15, -0.1) is 0 Å². The predicted octanol–water partition coefficient (Wildman–Crippen LogP) is 1.84. The van der Waals surface area contributed by atoms with Crippen molar-refractivity contribution >= 4 is 33.5 Å². The van der Waals surface area contributed by atoms with E-state index in [0.29, 0.717) is 18.7 Å². The first-order chi connectivity index (χ1) is 8.52. The van der Waals surface area contributed by atoms with Crippen molar-refractivity contribution in [2.75, 3.05) is 16.8 Å². The predicted molar refractivity (Wildman–Crippen MR) is 69.3 cm³/mol. The highest BCUT2D eigenvalue weighted by Crippen LogP contribution is 2.29. The molecule has 0 aromatic heterocycles. The van der Waals surface area contributed by atoms with Crippen molar-refractivity contribution in [3.63, 3.8) is 0 Å². The van der Waals surface area contributed by atoms with Gasteiger partial charge >= 0.3 is 5.97 Å². The van der Waals surface area contributed by atoms with Gasteiger partial charge in [0.05, 0.1) is 0 Å². The number of alkyl halides is 1. The van der Waals surface area contributed by atoms with E-state index in [2.05, 4.69) is 15.9 Å². The number of phenols is 1. The average Bonchev–Trinajstić information content (AvgIpc) is 2.71. The standard InChI is InChI=1S/C12H12BrNO4/c13-5-7-3-11(16)14(6-7)8-1-2-10(15)9(4-8)12(17)18/h1-2,4,7,15H,3,5-6H2,(H,17,18). The molecule has 6 heteroatoms. The third-order valence-corrected chi connectivity index (χ3v) is 3.86. The lowest BCUT2D eigenvalue weighted by Gasteiger charge is -2.17. The molecule has 18 heavy (non-hydrogen) atoms. The molecule has 0 bridgehead atoms. The fraction of sp³-hybridized carbons (Fsp3) is 0.333. The minimum atomic E-state index is -1.21. The van der Waals surface area contributed by atoms with Crippen LogP contribution in [0.2, 0.25) is 0 Å². The summed E-state index contributed by atoms with van der Waals surface area (Å²) in [5.74, 6) is -1.30. The van der Waals surface area contributed by atoms with Crippen LogP contribution >= 0.6 is 15.9 Å². The van der Waals surface area contributed by atoms with Gasteiger partial charge in [0, 0.05) is 24.0 Å². The SMILES string of the molecule is O=C(O)c1cc(N2CC(CBr)CC2=O)ccc1O. The molecular formula is C12H12BrNO4. The van der Waals surface area contributed by atoms with Crippen LogP contribution < -0.4 is 4.90 Å². The Morgan fingerprint density at radius 2 is 2.22 bits per heavy atom. The fourth-order valence-electron chi connectivity index (χ4n) is 2.00. The molecule has 1 aromatic carbocycles. The quantitative estimate of drug-likeness (QED) is 0.835. The van der Waals surface area contributed by atoms with Crippen molar-refractivity contribution in [1.82, 2.24) is 0 Å². The molecule has 2 rings (SSSR count). The van der Waals surface area contributed by atoms with Crippen molar-refractivity contribution in [3.05, 3.63) is 23.8 Å². The lowest BCUT2D eigenvalue weighted by molar-refractivity contribution is -0.117. The molecule has 1 aromatic rings. The lowest BCUT2D eigenvalue weighted by atomic mass is 10.1. The van der Waals surface area contributed by atoms with Gasteiger partial charge in [-0.05, 0) is 24.1 Å². The minimum absolute atomic E-state index is 0.0264. The van der Waals surface area contributed by atoms with E-state index in [0.717, 1.165) is 5.33 Å². The Labute approximate surface area is 112 Å². The number of amides is 1. The summed E-state index contributed by atoms with van der Waals surface area (Å²) in [6, 6.07) is 4.18. The molecule has 0 radical (unpaired) electrons. The van der Waals surface area contributed by atoms with E-state index in [1.54, 1.807) is 11.0 Å². The Kier molecular flexibility index (Phi) is 3.56. The molecule has 0 aliphatic carbocycles. The lowest BCUT2D eigenvalue weighted by Crippen LogP contribution is -2.24. The second kappa shape index (κ2) is 4.97. The first kappa shape index (κ1) is 12.9. The highest BCUT2D eigenvalue weighted by Gasteiger charge is 2.30. The molecule has 0 spiro atoms. The maximum atomic E-state index is 11.8. The molecule has 1 amide bonds. The van der Waals surface area contributed by atoms with E-state index < -0.39 is 5.97 Å². The Morgan fingerprint density at radius 3 is 2.78 bits per heavy atom. The Balaban J connectivity index is 2.32. The fourth-order valence-corrected chi connectivity index (χ4v) is 2.43. The van der Waals surface area contributed by atoms with Gasteiger partial charge in [0.1, 0.15) is 11.3 Å². The van der Waals surface area contributed by atoms with Crippen LogP contribution in [0.15, 0.2) is 18.2 Å². The molecule has 1 aliphatic rings. The molecule has 1 fully saturated rings. The van der Waals surface area contributed by atoms with Gasteiger partial charge in [-0.2, -0.15) is 0 Å². The Morgan fingerprint density at radius 1 is 1.50 bits per heavy atom. The van der Waals surface area contributed by atoms with E-state index >= 15 is 0 Å². The number of rotatable bonds is 3. The molecule has 0 saturated carbocycles. The zero-order chi connectivity index (χ0) is 13.3. The summed E-state index contributed by atoms with van der Waals surface area (Å²) in [7, 11) is 0. The first-order valence-electron chi connectivity index (χ1n) is 5.45. The largest absolute Gasteiger partial charge is 0.507 e. The summed E-state index contributed by atoms with van der Waals surface area (Å²) < 4.78 is 0. The molecule has 1 aliphatic heterocycles. The number of hydrogen-bond acceptors (Lipinski definition) is 3. The van der Waals surface area contributed by atoms with Gasteiger partial charge < -0.3 is 15.1 Å². The smallest absolute Gasteiger partial charge is 0.339 e. The number of carboxylic acid groups (broad SMARTS) is 1. The minimum Gasteiger partial charge on any atom is -0.507 e. The molecule has 1 saturated heterocycles. The zero-order valence-corrected chi connectivity index (χ0v) is 11.1. The van der Waals surface area contributed by atoms with Crippen LogP contribution in [-0.2, 0) is 4.79 Å². The summed E-state index contributed by atoms with van der Waals surface area (Å²) >= 11 is 3.34. The zero-order valence-electron chi connectivity index (χ0n) is 9.47. The van der Waals surface area contributed by atoms with Crippen molar-refractivity contribution in [2.45, 2.75) is 6.42 Å². The molecule has 5 nitrogen and oxygen atoms in total. The number of carbonyl (C=O) groups is 2. The molecule has 1 unspecified atom stereocenters. The van der Waals surface area contributed by atoms with E-state index in [4.69, 9.17) is 5.11 Å². The maximum absolute atomic E-state index is 11.8. The number of aromatic carboxylic acids is 1. The van der Waals surface area contributed by atoms with E-state index in [1.165, 1.54) is 12.1 Å². The summed E-state index contributed by atoms with van der Waals surface area (Å²) in [5, 5.41) is 19.1. The van der Waals surface area contributed by atoms with Gasteiger partial charge in [-0.3, -0.25) is 4.79 Å². The summed E-state index contributed by atoms with van der Waals surface area (Å²) in [4.78, 5) is 24.3. The molecule has 1 atom stereocenters. The van der Waals surface area contributed by atoms with Crippen LogP contribution in [0.5, 0.6) is 5.75 Å². The Bertz CT molecular complexity index is 503. The normalized spacial score (nSPS) is 19.3. The van der Waals surface area contributed by atoms with Gasteiger partial charge in [-0.1, -0.05) is 15.9 Å². The summed E-state index contributed by atoms with van der Waals surface area (Å²) in [5.41, 5.74) is 0.321. The van der Waals surface area contributed by atoms with Crippen LogP contribution in [-0.4, -0.2) is 34.0 Å². The van der Waals surface area contributed by atoms with Gasteiger partial charge in [-0.25, -0.2) is 4.79 Å². The van der Waals surface area contributed by atoms with Gasteiger partial charge in [0.25, 0.3) is 0 Å². The summed E-state index contributed by atoms with van der Waals surface area (Å²) in [6.45, 7) is 0.563. The Hall–Kier alpha value is -1.56. The van der Waals surface area contributed by atoms with Crippen LogP contribution in [0.1, 0.15) is 16.8 Å². The maximum Gasteiger partial charge on any atom is 0.339 e. The van der Waals surface area contributed by atoms with Crippen molar-refractivity contribution < 1.29 is 19.8 Å². The number of aromatic hydroxyl groups is 1. The second-order valence-electron chi connectivity index (χ2n) is 4.24. The average molecular weight is 314 g/mol. The number of hydrogen-bond donors (Lipinski definition) is 2. The van der Waals surface area contributed by atoms with Crippen LogP contribution in [0.3, 0.4) is 0 Å². The molecule has 1 heterocycles. The van der Waals surface area contributed by atoms with Crippen LogP contribution in [0.25, 0.3) is 0 Å². The molecule has 96 valence electrons. The third kappa shape index (κ3) is 2.33. The van der Waals surface area contributed by atoms with Crippen LogP contribution in [0.4, 0.5) is 5.69 Å². The highest BCUT2D eigenvalue weighted by molar-refractivity contribution is 9.09. The van der Waals surface area contributed by atoms with E-state index in [9.17, 15) is 14.7 Å². The van der Waals surface area contributed by atoms with E-state index in [1.807, 2.05) is 0 Å².